The van der Waals surface area contributed by atoms with Crippen molar-refractivity contribution in [3.05, 3.63) is 12.7 Å². The number of rotatable bonds is 4. The fourth-order valence-corrected chi connectivity index (χ4v) is 1.88. The average Bonchev–Trinajstić information content (AvgIpc) is 2.25. The predicted molar refractivity (Wildman–Crippen MR) is 56.6 cm³/mol. The van der Waals surface area contributed by atoms with E-state index in [0.717, 1.165) is 0 Å². The van der Waals surface area contributed by atoms with E-state index in [9.17, 15) is 15.3 Å². The van der Waals surface area contributed by atoms with Gasteiger partial charge in [-0.1, -0.05) is 22.0 Å². The molecule has 15 heavy (non-hydrogen) atoms. The zero-order chi connectivity index (χ0) is 11.4. The van der Waals surface area contributed by atoms with Gasteiger partial charge in [-0.3, -0.25) is 0 Å². The van der Waals surface area contributed by atoms with Gasteiger partial charge in [0.15, 0.2) is 6.29 Å². The van der Waals surface area contributed by atoms with Crippen molar-refractivity contribution in [3.8, 4) is 0 Å². The summed E-state index contributed by atoms with van der Waals surface area (Å²) in [7, 11) is 0. The summed E-state index contributed by atoms with van der Waals surface area (Å²) in [5, 5.41) is 28.9. The normalized spacial score (nSPS) is 41.5. The minimum Gasteiger partial charge on any atom is -0.388 e. The third-order valence-electron chi connectivity index (χ3n) is 2.20. The molecule has 0 unspecified atom stereocenters. The molecule has 5 atom stereocenters. The largest absolute Gasteiger partial charge is 0.388 e. The van der Waals surface area contributed by atoms with Crippen molar-refractivity contribution in [3.63, 3.8) is 0 Å². The van der Waals surface area contributed by atoms with Crippen LogP contribution in [0.4, 0.5) is 0 Å². The van der Waals surface area contributed by atoms with E-state index in [1.807, 2.05) is 0 Å². The molecule has 5 nitrogen and oxygen atoms in total. The third kappa shape index (κ3) is 2.99. The standard InChI is InChI=1S/C9H15BrO5/c1-2-3-14-9-8(13)7(12)6(11)5(4-10)15-9/h2,5-9,11-13H,1,3-4H2/t5-,6-,7+,8-,9-/m1/s1. The molecular weight excluding hydrogens is 268 g/mol. The summed E-state index contributed by atoms with van der Waals surface area (Å²) < 4.78 is 10.4. The van der Waals surface area contributed by atoms with Gasteiger partial charge in [-0.05, 0) is 0 Å². The minimum absolute atomic E-state index is 0.208. The Kier molecular flexibility index (Phi) is 5.17. The van der Waals surface area contributed by atoms with Crippen LogP contribution in [0.3, 0.4) is 0 Å². The number of halogens is 1. The molecule has 0 aromatic heterocycles. The van der Waals surface area contributed by atoms with Gasteiger partial charge in [0, 0.05) is 5.33 Å². The van der Waals surface area contributed by atoms with Crippen LogP contribution >= 0.6 is 15.9 Å². The van der Waals surface area contributed by atoms with Gasteiger partial charge in [-0.15, -0.1) is 6.58 Å². The lowest BCUT2D eigenvalue weighted by molar-refractivity contribution is -0.289. The van der Waals surface area contributed by atoms with Crippen molar-refractivity contribution < 1.29 is 24.8 Å². The molecule has 0 spiro atoms. The van der Waals surface area contributed by atoms with Gasteiger partial charge >= 0.3 is 0 Å². The molecule has 6 heteroatoms. The first-order chi connectivity index (χ1) is 7.11. The number of ether oxygens (including phenoxy) is 2. The second-order valence-electron chi connectivity index (χ2n) is 3.29. The number of alkyl halides is 1. The van der Waals surface area contributed by atoms with Crippen molar-refractivity contribution >= 4 is 15.9 Å². The van der Waals surface area contributed by atoms with E-state index in [0.29, 0.717) is 5.33 Å². The highest BCUT2D eigenvalue weighted by Gasteiger charge is 2.43. The lowest BCUT2D eigenvalue weighted by atomic mass is 10.00. The fourth-order valence-electron chi connectivity index (χ4n) is 1.34. The maximum absolute atomic E-state index is 9.54. The zero-order valence-electron chi connectivity index (χ0n) is 8.12. The monoisotopic (exact) mass is 282 g/mol. The van der Waals surface area contributed by atoms with E-state index in [1.54, 1.807) is 0 Å². The number of hydrogen-bond donors (Lipinski definition) is 3. The first kappa shape index (κ1) is 13.1. The molecule has 0 aromatic carbocycles. The van der Waals surface area contributed by atoms with Crippen LogP contribution in [0.5, 0.6) is 0 Å². The van der Waals surface area contributed by atoms with Crippen molar-refractivity contribution in [2.75, 3.05) is 11.9 Å². The molecule has 1 aliphatic rings. The molecule has 0 aromatic rings. The molecule has 1 heterocycles. The Hall–Kier alpha value is 0.0200. The molecule has 0 radical (unpaired) electrons. The number of hydrogen-bond acceptors (Lipinski definition) is 5. The average molecular weight is 283 g/mol. The molecule has 1 aliphatic heterocycles. The topological polar surface area (TPSA) is 79.2 Å². The number of aliphatic hydroxyl groups is 3. The first-order valence-corrected chi connectivity index (χ1v) is 5.72. The van der Waals surface area contributed by atoms with E-state index in [1.165, 1.54) is 6.08 Å². The molecule has 1 rings (SSSR count). The molecule has 3 N–H and O–H groups in total. The predicted octanol–water partition coefficient (Wildman–Crippen LogP) is -0.609. The SMILES string of the molecule is C=CCO[C@@H]1O[C@H](CBr)[C@@H](O)[C@H](O)[C@H]1O. The molecule has 1 fully saturated rings. The van der Waals surface area contributed by atoms with Crippen LogP contribution in [0.2, 0.25) is 0 Å². The Bertz CT molecular complexity index is 211. The van der Waals surface area contributed by atoms with Crippen LogP contribution in [0.25, 0.3) is 0 Å². The summed E-state index contributed by atoms with van der Waals surface area (Å²) in [5.74, 6) is 0. The Morgan fingerprint density at radius 2 is 1.93 bits per heavy atom. The van der Waals surface area contributed by atoms with Crippen molar-refractivity contribution in [2.24, 2.45) is 0 Å². The van der Waals surface area contributed by atoms with Gasteiger partial charge in [0.05, 0.1) is 12.7 Å². The summed E-state index contributed by atoms with van der Waals surface area (Å²) >= 11 is 3.14. The van der Waals surface area contributed by atoms with E-state index < -0.39 is 30.7 Å². The highest BCUT2D eigenvalue weighted by Crippen LogP contribution is 2.23. The second kappa shape index (κ2) is 5.93. The Labute approximate surface area is 96.4 Å². The molecule has 0 saturated carbocycles. The van der Waals surface area contributed by atoms with Crippen LogP contribution in [0, 0.1) is 0 Å². The minimum atomic E-state index is -1.27. The summed E-state index contributed by atoms with van der Waals surface area (Å²) in [5.41, 5.74) is 0. The lowest BCUT2D eigenvalue weighted by Gasteiger charge is -2.39. The van der Waals surface area contributed by atoms with Crippen molar-refractivity contribution in [1.82, 2.24) is 0 Å². The Balaban J connectivity index is 2.60. The fraction of sp³-hybridized carbons (Fsp3) is 0.778. The maximum atomic E-state index is 9.54. The van der Waals surface area contributed by atoms with Crippen LogP contribution in [-0.2, 0) is 9.47 Å². The maximum Gasteiger partial charge on any atom is 0.186 e. The smallest absolute Gasteiger partial charge is 0.186 e. The molecule has 1 saturated heterocycles. The zero-order valence-corrected chi connectivity index (χ0v) is 9.71. The van der Waals surface area contributed by atoms with Gasteiger partial charge in [-0.25, -0.2) is 0 Å². The van der Waals surface area contributed by atoms with Crippen LogP contribution in [0.15, 0.2) is 12.7 Å². The van der Waals surface area contributed by atoms with Gasteiger partial charge in [0.2, 0.25) is 0 Å². The first-order valence-electron chi connectivity index (χ1n) is 4.60. The van der Waals surface area contributed by atoms with Crippen LogP contribution in [-0.4, -0.2) is 58.0 Å². The highest BCUT2D eigenvalue weighted by molar-refractivity contribution is 9.09. The lowest BCUT2D eigenvalue weighted by Crippen LogP contribution is -2.58. The molecule has 88 valence electrons. The van der Waals surface area contributed by atoms with Crippen molar-refractivity contribution in [1.29, 1.82) is 0 Å². The summed E-state index contributed by atoms with van der Waals surface area (Å²) in [6.45, 7) is 3.67. The Morgan fingerprint density at radius 3 is 2.47 bits per heavy atom. The van der Waals surface area contributed by atoms with Crippen molar-refractivity contribution in [2.45, 2.75) is 30.7 Å². The highest BCUT2D eigenvalue weighted by atomic mass is 79.9. The molecule has 0 amide bonds. The molecule has 0 aliphatic carbocycles. The summed E-state index contributed by atoms with van der Waals surface area (Å²) in [6.07, 6.45) is -3.67. The quantitative estimate of drug-likeness (QED) is 0.474. The van der Waals surface area contributed by atoms with Gasteiger partial charge in [-0.2, -0.15) is 0 Å². The second-order valence-corrected chi connectivity index (χ2v) is 3.94. The van der Waals surface area contributed by atoms with E-state index in [2.05, 4.69) is 22.5 Å². The Morgan fingerprint density at radius 1 is 1.27 bits per heavy atom. The summed E-state index contributed by atoms with van der Waals surface area (Å²) in [6, 6.07) is 0. The third-order valence-corrected chi connectivity index (χ3v) is 2.84. The van der Waals surface area contributed by atoms with E-state index in [4.69, 9.17) is 9.47 Å². The van der Waals surface area contributed by atoms with Gasteiger partial charge in [0.25, 0.3) is 0 Å². The van der Waals surface area contributed by atoms with Gasteiger partial charge in [0.1, 0.15) is 18.3 Å². The van der Waals surface area contributed by atoms with Crippen LogP contribution < -0.4 is 0 Å². The number of aliphatic hydroxyl groups excluding tert-OH is 3. The summed E-state index contributed by atoms with van der Waals surface area (Å²) in [4.78, 5) is 0. The van der Waals surface area contributed by atoms with E-state index in [-0.39, 0.29) is 6.61 Å². The molecule has 0 bridgehead atoms. The van der Waals surface area contributed by atoms with Gasteiger partial charge < -0.3 is 24.8 Å². The van der Waals surface area contributed by atoms with E-state index >= 15 is 0 Å². The van der Waals surface area contributed by atoms with Crippen LogP contribution in [0.1, 0.15) is 0 Å². The molecular formula is C9H15BrO5.